The van der Waals surface area contributed by atoms with Gasteiger partial charge < -0.3 is 14.5 Å². The first-order valence-electron chi connectivity index (χ1n) is 20.4. The number of rotatable bonds is 12. The summed E-state index contributed by atoms with van der Waals surface area (Å²) in [7, 11) is 0. The van der Waals surface area contributed by atoms with Crippen LogP contribution >= 0.6 is 11.6 Å². The number of Topliss-reactive ketones (excluding diaryl/α,β-unsaturated/α-hetero) is 2. The molecule has 1 saturated carbocycles. The standard InChI is InChI=1S/C46H46ClN5O6/c1-3-4-36(54)12-18-43(28(2)53)52-45(56)40-17-11-34(20-41(40)46(52)57)50-26-35(27-50)49-23-30(24-49)6-5-29-7-16-39-32(19-29)25-51(44(39)55)33-9-14-37(15-10-33)58-38-13-8-31(22-48)42(47)21-38/h7-8,11,13,16-17,19-21,30,33,35,37,43H,3-4,9-10,12,14-15,18,23-27H2,1-2H3. The van der Waals surface area contributed by atoms with Crippen molar-refractivity contribution in [3.63, 3.8) is 0 Å². The normalized spacial score (nSPS) is 21.1. The van der Waals surface area contributed by atoms with E-state index in [0.717, 1.165) is 79.1 Å². The second kappa shape index (κ2) is 16.4. The molecule has 0 spiro atoms. The molecule has 11 nitrogen and oxygen atoms in total. The maximum absolute atomic E-state index is 13.5. The fraction of sp³-hybridized carbons (Fsp3) is 0.435. The van der Waals surface area contributed by atoms with Gasteiger partial charge in [-0.25, -0.2) is 0 Å². The Balaban J connectivity index is 0.797. The average molecular weight is 800 g/mol. The number of ketones is 2. The van der Waals surface area contributed by atoms with E-state index >= 15 is 0 Å². The molecule has 3 amide bonds. The Morgan fingerprint density at radius 3 is 2.31 bits per heavy atom. The van der Waals surface area contributed by atoms with Gasteiger partial charge in [-0.2, -0.15) is 5.26 Å². The van der Waals surface area contributed by atoms with E-state index < -0.39 is 17.9 Å². The summed E-state index contributed by atoms with van der Waals surface area (Å²) >= 11 is 6.18. The van der Waals surface area contributed by atoms with Crippen molar-refractivity contribution in [1.29, 1.82) is 5.26 Å². The Morgan fingerprint density at radius 2 is 1.60 bits per heavy atom. The lowest BCUT2D eigenvalue weighted by atomic mass is 9.92. The fourth-order valence-electron chi connectivity index (χ4n) is 8.97. The molecule has 12 heteroatoms. The molecule has 2 saturated heterocycles. The van der Waals surface area contributed by atoms with Crippen molar-refractivity contribution in [2.75, 3.05) is 31.1 Å². The topological polar surface area (TPSA) is 131 Å². The van der Waals surface area contributed by atoms with Crippen molar-refractivity contribution in [1.82, 2.24) is 14.7 Å². The van der Waals surface area contributed by atoms with Gasteiger partial charge in [0.15, 0.2) is 5.78 Å². The van der Waals surface area contributed by atoms with Gasteiger partial charge in [-0.05, 0) is 99.5 Å². The van der Waals surface area contributed by atoms with Crippen molar-refractivity contribution in [2.24, 2.45) is 5.92 Å². The number of carbonyl (C=O) groups excluding carboxylic acids is 5. The van der Waals surface area contributed by atoms with Crippen LogP contribution in [0.25, 0.3) is 0 Å². The summed E-state index contributed by atoms with van der Waals surface area (Å²) in [6, 6.07) is 18.0. The van der Waals surface area contributed by atoms with Crippen molar-refractivity contribution in [3.05, 3.63) is 93.0 Å². The van der Waals surface area contributed by atoms with Gasteiger partial charge in [0, 0.05) is 86.4 Å². The molecule has 3 aromatic rings. The van der Waals surface area contributed by atoms with E-state index in [1.54, 1.807) is 30.3 Å². The Bertz CT molecular complexity index is 2290. The molecule has 0 bridgehead atoms. The molecule has 5 aliphatic rings. The first-order chi connectivity index (χ1) is 28.0. The maximum atomic E-state index is 13.5. The Kier molecular flexibility index (Phi) is 11.1. The van der Waals surface area contributed by atoms with Gasteiger partial charge in [-0.3, -0.25) is 33.8 Å². The highest BCUT2D eigenvalue weighted by molar-refractivity contribution is 6.31. The Labute approximate surface area is 343 Å². The number of imide groups is 1. The highest BCUT2D eigenvalue weighted by Gasteiger charge is 2.43. The number of amides is 3. The fourth-order valence-corrected chi connectivity index (χ4v) is 9.18. The van der Waals surface area contributed by atoms with Crippen LogP contribution in [0.2, 0.25) is 5.02 Å². The molecule has 1 atom stereocenters. The van der Waals surface area contributed by atoms with E-state index in [2.05, 4.69) is 33.8 Å². The molecule has 0 radical (unpaired) electrons. The van der Waals surface area contributed by atoms with Gasteiger partial charge in [0.1, 0.15) is 17.6 Å². The molecular weight excluding hydrogens is 754 g/mol. The van der Waals surface area contributed by atoms with E-state index in [0.29, 0.717) is 52.9 Å². The van der Waals surface area contributed by atoms with Crippen LogP contribution in [0.15, 0.2) is 54.6 Å². The lowest BCUT2D eigenvalue weighted by molar-refractivity contribution is -0.122. The molecule has 8 rings (SSSR count). The number of fused-ring (bicyclic) bond motifs is 2. The number of hydrogen-bond donors (Lipinski definition) is 0. The summed E-state index contributed by atoms with van der Waals surface area (Å²) in [5, 5.41) is 9.51. The Hall–Kier alpha value is -5.49. The van der Waals surface area contributed by atoms with Crippen LogP contribution in [0.5, 0.6) is 5.75 Å². The summed E-state index contributed by atoms with van der Waals surface area (Å²) in [6.07, 6.45) is 4.86. The minimum atomic E-state index is -0.947. The zero-order valence-corrected chi connectivity index (χ0v) is 33.6. The number of nitriles is 1. The summed E-state index contributed by atoms with van der Waals surface area (Å²) in [5.74, 6) is 6.58. The zero-order valence-electron chi connectivity index (χ0n) is 32.8. The van der Waals surface area contributed by atoms with Crippen LogP contribution in [0.1, 0.15) is 113 Å². The zero-order chi connectivity index (χ0) is 40.7. The van der Waals surface area contributed by atoms with E-state index in [-0.39, 0.29) is 48.4 Å². The van der Waals surface area contributed by atoms with Crippen molar-refractivity contribution >= 4 is 46.6 Å². The van der Waals surface area contributed by atoms with Gasteiger partial charge >= 0.3 is 0 Å². The smallest absolute Gasteiger partial charge is 0.262 e. The van der Waals surface area contributed by atoms with Crippen molar-refractivity contribution in [2.45, 2.75) is 96.0 Å². The molecule has 0 aromatic heterocycles. The van der Waals surface area contributed by atoms with Gasteiger partial charge in [0.05, 0.1) is 33.9 Å². The predicted molar refractivity (Wildman–Crippen MR) is 218 cm³/mol. The van der Waals surface area contributed by atoms with Crippen LogP contribution in [-0.4, -0.2) is 94.4 Å². The second-order valence-corrected chi connectivity index (χ2v) is 16.7. The van der Waals surface area contributed by atoms with Crippen LogP contribution in [-0.2, 0) is 16.1 Å². The quantitative estimate of drug-likeness (QED) is 0.150. The number of benzene rings is 3. The number of hydrogen-bond acceptors (Lipinski definition) is 9. The molecular formula is C46H46ClN5O6. The lowest BCUT2D eigenvalue weighted by Crippen LogP contribution is -2.65. The van der Waals surface area contributed by atoms with E-state index in [9.17, 15) is 24.0 Å². The van der Waals surface area contributed by atoms with Crippen LogP contribution in [0.4, 0.5) is 5.69 Å². The molecule has 4 heterocycles. The van der Waals surface area contributed by atoms with E-state index in [1.807, 2.05) is 30.0 Å². The number of anilines is 1. The Morgan fingerprint density at radius 1 is 0.862 bits per heavy atom. The minimum absolute atomic E-state index is 0.0257. The summed E-state index contributed by atoms with van der Waals surface area (Å²) < 4.78 is 6.16. The second-order valence-electron chi connectivity index (χ2n) is 16.2. The molecule has 298 valence electrons. The molecule has 1 unspecified atom stereocenters. The van der Waals surface area contributed by atoms with Gasteiger partial charge in [-0.1, -0.05) is 30.4 Å². The first kappa shape index (κ1) is 39.3. The SMILES string of the molecule is CCCC(=O)CCC(C(C)=O)N1C(=O)c2ccc(N3CC(N4CC(C#Cc5ccc6c(c5)CN(C5CCC(Oc7ccc(C#N)c(Cl)c7)CC5)C6=O)C4)C3)cc2C1=O. The third-order valence-electron chi connectivity index (χ3n) is 12.4. The van der Waals surface area contributed by atoms with E-state index in [4.69, 9.17) is 21.6 Å². The molecule has 58 heavy (non-hydrogen) atoms. The predicted octanol–water partition coefficient (Wildman–Crippen LogP) is 6.43. The van der Waals surface area contributed by atoms with Crippen LogP contribution in [0.3, 0.4) is 0 Å². The molecule has 1 aliphatic carbocycles. The molecule has 4 aliphatic heterocycles. The van der Waals surface area contributed by atoms with Crippen LogP contribution < -0.4 is 9.64 Å². The number of nitrogens with zero attached hydrogens (tertiary/aromatic N) is 5. The molecule has 3 aromatic carbocycles. The van der Waals surface area contributed by atoms with Crippen molar-refractivity contribution in [3.8, 4) is 23.7 Å². The highest BCUT2D eigenvalue weighted by atomic mass is 35.5. The average Bonchev–Trinajstić information content (AvgIpc) is 3.63. The summed E-state index contributed by atoms with van der Waals surface area (Å²) in [4.78, 5) is 72.5. The lowest BCUT2D eigenvalue weighted by Gasteiger charge is -2.51. The third kappa shape index (κ3) is 7.74. The highest BCUT2D eigenvalue weighted by Crippen LogP contribution is 2.36. The summed E-state index contributed by atoms with van der Waals surface area (Å²) in [5.41, 5.74) is 4.60. The number of likely N-dealkylation sites (tertiary alicyclic amines) is 1. The molecule has 3 fully saturated rings. The number of carbonyl (C=O) groups is 5. The summed E-state index contributed by atoms with van der Waals surface area (Å²) in [6.45, 7) is 7.24. The minimum Gasteiger partial charge on any atom is -0.490 e. The maximum Gasteiger partial charge on any atom is 0.262 e. The number of halogens is 1. The third-order valence-corrected chi connectivity index (χ3v) is 12.7. The van der Waals surface area contributed by atoms with Gasteiger partial charge in [0.2, 0.25) is 0 Å². The van der Waals surface area contributed by atoms with Crippen molar-refractivity contribution < 1.29 is 28.7 Å². The number of ether oxygens (including phenoxy) is 1. The van der Waals surface area contributed by atoms with Gasteiger partial charge in [0.25, 0.3) is 17.7 Å². The first-order valence-corrected chi connectivity index (χ1v) is 20.7. The molecule has 0 N–H and O–H groups in total. The largest absolute Gasteiger partial charge is 0.490 e. The monoisotopic (exact) mass is 799 g/mol. The van der Waals surface area contributed by atoms with Crippen LogP contribution in [0, 0.1) is 29.1 Å². The van der Waals surface area contributed by atoms with E-state index in [1.165, 1.54) is 6.92 Å². The van der Waals surface area contributed by atoms with Gasteiger partial charge in [-0.15, -0.1) is 0 Å².